The van der Waals surface area contributed by atoms with Gasteiger partial charge in [0.15, 0.2) is 0 Å². The van der Waals surface area contributed by atoms with Crippen LogP contribution in [0.3, 0.4) is 0 Å². The Balaban J connectivity index is 1.75. The molecule has 0 atom stereocenters. The van der Waals surface area contributed by atoms with E-state index < -0.39 is 0 Å². The Morgan fingerprint density at radius 1 is 1.11 bits per heavy atom. The van der Waals surface area contributed by atoms with Crippen LogP contribution in [0.4, 0.5) is 0 Å². The molecule has 0 amide bonds. The van der Waals surface area contributed by atoms with Gasteiger partial charge in [-0.15, -0.1) is 0 Å². The highest BCUT2D eigenvalue weighted by Crippen LogP contribution is 2.36. The molecule has 2 nitrogen and oxygen atoms in total. The lowest BCUT2D eigenvalue weighted by molar-refractivity contribution is -0.0806. The molecule has 2 heteroatoms. The summed E-state index contributed by atoms with van der Waals surface area (Å²) in [5.41, 5.74) is 5.64. The van der Waals surface area contributed by atoms with Gasteiger partial charge in [0.1, 0.15) is 0 Å². The summed E-state index contributed by atoms with van der Waals surface area (Å²) in [4.78, 5) is 0. The Labute approximate surface area is 55.4 Å². The van der Waals surface area contributed by atoms with Gasteiger partial charge in [-0.1, -0.05) is 0 Å². The molecule has 0 radical (unpaired) electrons. The fraction of sp³-hybridized carbons (Fsp3) is 1.00. The van der Waals surface area contributed by atoms with Crippen molar-refractivity contribution < 1.29 is 4.74 Å². The van der Waals surface area contributed by atoms with Gasteiger partial charge in [0.2, 0.25) is 0 Å². The third-order valence-corrected chi connectivity index (χ3v) is 2.54. The Morgan fingerprint density at radius 2 is 1.78 bits per heavy atom. The summed E-state index contributed by atoms with van der Waals surface area (Å²) in [6.07, 6.45) is 2.49. The smallest absolute Gasteiger partial charge is 0.0519 e. The van der Waals surface area contributed by atoms with E-state index in [2.05, 4.69) is 0 Å². The first kappa shape index (κ1) is 5.69. The second kappa shape index (κ2) is 1.96. The van der Waals surface area contributed by atoms with Crippen molar-refractivity contribution in [3.8, 4) is 0 Å². The number of nitrogens with two attached hydrogens (primary N) is 1. The molecule has 1 heterocycles. The van der Waals surface area contributed by atoms with Crippen LogP contribution in [-0.4, -0.2) is 19.3 Å². The molecule has 2 aliphatic rings. The van der Waals surface area contributed by atoms with Gasteiger partial charge in [-0.05, 0) is 18.8 Å². The van der Waals surface area contributed by atoms with Crippen molar-refractivity contribution in [2.75, 3.05) is 13.2 Å². The zero-order valence-corrected chi connectivity index (χ0v) is 5.55. The highest BCUT2D eigenvalue weighted by molar-refractivity contribution is 4.88. The highest BCUT2D eigenvalue weighted by atomic mass is 16.5. The SMILES string of the molecule is NC1CC(C2COC2)C1. The van der Waals surface area contributed by atoms with Crippen LogP contribution in [0, 0.1) is 11.8 Å². The fourth-order valence-electron chi connectivity index (χ4n) is 1.62. The largest absolute Gasteiger partial charge is 0.381 e. The van der Waals surface area contributed by atoms with E-state index in [0.29, 0.717) is 6.04 Å². The van der Waals surface area contributed by atoms with E-state index in [1.54, 1.807) is 0 Å². The summed E-state index contributed by atoms with van der Waals surface area (Å²) in [7, 11) is 0. The van der Waals surface area contributed by atoms with Crippen molar-refractivity contribution in [3.05, 3.63) is 0 Å². The monoisotopic (exact) mass is 127 g/mol. The van der Waals surface area contributed by atoms with Gasteiger partial charge in [0, 0.05) is 12.0 Å². The Bertz CT molecular complexity index is 105. The Morgan fingerprint density at radius 3 is 2.11 bits per heavy atom. The number of rotatable bonds is 1. The molecule has 0 aromatic carbocycles. The van der Waals surface area contributed by atoms with Gasteiger partial charge < -0.3 is 10.5 Å². The van der Waals surface area contributed by atoms with Crippen molar-refractivity contribution >= 4 is 0 Å². The van der Waals surface area contributed by atoms with Crippen LogP contribution in [0.25, 0.3) is 0 Å². The minimum Gasteiger partial charge on any atom is -0.381 e. The van der Waals surface area contributed by atoms with Gasteiger partial charge in [-0.3, -0.25) is 0 Å². The molecule has 0 aromatic rings. The molecule has 2 rings (SSSR count). The highest BCUT2D eigenvalue weighted by Gasteiger charge is 2.36. The van der Waals surface area contributed by atoms with Gasteiger partial charge in [0.25, 0.3) is 0 Å². The van der Waals surface area contributed by atoms with Crippen LogP contribution in [0.5, 0.6) is 0 Å². The van der Waals surface area contributed by atoms with Crippen LogP contribution >= 0.6 is 0 Å². The molecule has 52 valence electrons. The van der Waals surface area contributed by atoms with Gasteiger partial charge in [0.05, 0.1) is 13.2 Å². The van der Waals surface area contributed by atoms with E-state index in [0.717, 1.165) is 25.0 Å². The minimum atomic E-state index is 0.510. The molecule has 1 saturated carbocycles. The van der Waals surface area contributed by atoms with E-state index >= 15 is 0 Å². The molecule has 0 unspecified atom stereocenters. The first-order valence-corrected chi connectivity index (χ1v) is 3.69. The van der Waals surface area contributed by atoms with Gasteiger partial charge >= 0.3 is 0 Å². The Hall–Kier alpha value is -0.0800. The minimum absolute atomic E-state index is 0.510. The third kappa shape index (κ3) is 0.864. The molecule has 1 saturated heterocycles. The van der Waals surface area contributed by atoms with Crippen molar-refractivity contribution in [2.24, 2.45) is 17.6 Å². The van der Waals surface area contributed by atoms with E-state index in [-0.39, 0.29) is 0 Å². The summed E-state index contributed by atoms with van der Waals surface area (Å²) >= 11 is 0. The van der Waals surface area contributed by atoms with E-state index in [1.165, 1.54) is 12.8 Å². The maximum absolute atomic E-state index is 5.64. The van der Waals surface area contributed by atoms with Crippen molar-refractivity contribution in [2.45, 2.75) is 18.9 Å². The summed E-state index contributed by atoms with van der Waals surface area (Å²) in [6, 6.07) is 0.510. The predicted octanol–water partition coefficient (Wildman–Crippen LogP) is 0.370. The summed E-state index contributed by atoms with van der Waals surface area (Å²) in [5.74, 6) is 1.78. The van der Waals surface area contributed by atoms with Crippen molar-refractivity contribution in [1.29, 1.82) is 0 Å². The average Bonchev–Trinajstić information content (AvgIpc) is 1.57. The van der Waals surface area contributed by atoms with E-state index in [1.807, 2.05) is 0 Å². The van der Waals surface area contributed by atoms with Gasteiger partial charge in [-0.2, -0.15) is 0 Å². The maximum Gasteiger partial charge on any atom is 0.0519 e. The molecule has 2 fully saturated rings. The molecule has 9 heavy (non-hydrogen) atoms. The molecule has 0 spiro atoms. The van der Waals surface area contributed by atoms with Crippen molar-refractivity contribution in [1.82, 2.24) is 0 Å². The first-order chi connectivity index (χ1) is 4.36. The standard InChI is InChI=1S/C7H13NO/c8-7-1-5(2-7)6-3-9-4-6/h5-7H,1-4,8H2. The lowest BCUT2D eigenvalue weighted by atomic mass is 9.72. The lowest BCUT2D eigenvalue weighted by Gasteiger charge is -2.42. The van der Waals surface area contributed by atoms with Crippen LogP contribution in [-0.2, 0) is 4.74 Å². The van der Waals surface area contributed by atoms with E-state index in [9.17, 15) is 0 Å². The van der Waals surface area contributed by atoms with Gasteiger partial charge in [-0.25, -0.2) is 0 Å². The van der Waals surface area contributed by atoms with Crippen LogP contribution in [0.2, 0.25) is 0 Å². The lowest BCUT2D eigenvalue weighted by Crippen LogP contribution is -2.46. The van der Waals surface area contributed by atoms with E-state index in [4.69, 9.17) is 10.5 Å². The molecular formula is C7H13NO. The summed E-state index contributed by atoms with van der Waals surface area (Å²) in [6.45, 7) is 1.99. The van der Waals surface area contributed by atoms with Crippen LogP contribution in [0.15, 0.2) is 0 Å². The number of hydrogen-bond donors (Lipinski definition) is 1. The third-order valence-electron chi connectivity index (χ3n) is 2.54. The molecule has 1 aliphatic heterocycles. The maximum atomic E-state index is 5.64. The fourth-order valence-corrected chi connectivity index (χ4v) is 1.62. The van der Waals surface area contributed by atoms with Crippen LogP contribution < -0.4 is 5.73 Å². The summed E-state index contributed by atoms with van der Waals surface area (Å²) < 4.78 is 5.09. The molecule has 0 aromatic heterocycles. The predicted molar refractivity (Wildman–Crippen MR) is 35.0 cm³/mol. The molecule has 0 bridgehead atoms. The quantitative estimate of drug-likeness (QED) is 0.552. The van der Waals surface area contributed by atoms with Crippen LogP contribution in [0.1, 0.15) is 12.8 Å². The first-order valence-electron chi connectivity index (χ1n) is 3.69. The molecule has 1 aliphatic carbocycles. The average molecular weight is 127 g/mol. The zero-order valence-electron chi connectivity index (χ0n) is 5.55. The molecule has 2 N–H and O–H groups in total. The zero-order chi connectivity index (χ0) is 6.27. The summed E-state index contributed by atoms with van der Waals surface area (Å²) in [5, 5.41) is 0. The number of hydrogen-bond acceptors (Lipinski definition) is 2. The molecular weight excluding hydrogens is 114 g/mol. The topological polar surface area (TPSA) is 35.2 Å². The second-order valence-electron chi connectivity index (χ2n) is 3.29. The Kier molecular flexibility index (Phi) is 1.24. The number of ether oxygens (including phenoxy) is 1. The normalized spacial score (nSPS) is 43.7. The second-order valence-corrected chi connectivity index (χ2v) is 3.29. The van der Waals surface area contributed by atoms with Crippen molar-refractivity contribution in [3.63, 3.8) is 0 Å².